The van der Waals surface area contributed by atoms with Crippen molar-refractivity contribution in [2.24, 2.45) is 0 Å². The van der Waals surface area contributed by atoms with Gasteiger partial charge in [0, 0.05) is 13.0 Å². The number of carbonyl (C=O) groups excluding carboxylic acids is 1. The monoisotopic (exact) mass is 385 g/mol. The van der Waals surface area contributed by atoms with Gasteiger partial charge < -0.3 is 19.1 Å². The van der Waals surface area contributed by atoms with Crippen LogP contribution < -0.4 is 14.2 Å². The lowest BCUT2D eigenvalue weighted by molar-refractivity contribution is -0.132. The van der Waals surface area contributed by atoms with Gasteiger partial charge in [0.15, 0.2) is 11.5 Å². The van der Waals surface area contributed by atoms with Gasteiger partial charge in [-0.15, -0.1) is 0 Å². The average Bonchev–Trinajstić information content (AvgIpc) is 3.22. The molecule has 1 fully saturated rings. The Morgan fingerprint density at radius 2 is 1.89 bits per heavy atom. The standard InChI is InChI=1S/C22H24FNO4/c23-17-6-8-18(9-7-17)26-12-2-4-22(25)24-11-1-3-19(24)16-5-10-20-21(15-16)28-14-13-27-20/h5-10,15,19H,1-4,11-14H2. The van der Waals surface area contributed by atoms with Crippen molar-refractivity contribution >= 4 is 5.91 Å². The number of carbonyl (C=O) groups is 1. The zero-order chi connectivity index (χ0) is 19.3. The second-order valence-corrected chi connectivity index (χ2v) is 7.05. The van der Waals surface area contributed by atoms with Crippen molar-refractivity contribution in [1.29, 1.82) is 0 Å². The highest BCUT2D eigenvalue weighted by atomic mass is 19.1. The van der Waals surface area contributed by atoms with Crippen molar-refractivity contribution in [3.05, 3.63) is 53.8 Å². The minimum Gasteiger partial charge on any atom is -0.494 e. The first-order valence-corrected chi connectivity index (χ1v) is 9.78. The van der Waals surface area contributed by atoms with Gasteiger partial charge in [-0.1, -0.05) is 6.07 Å². The predicted octanol–water partition coefficient (Wildman–Crippen LogP) is 4.12. The molecule has 148 valence electrons. The number of fused-ring (bicyclic) bond motifs is 1. The number of hydrogen-bond donors (Lipinski definition) is 0. The molecule has 2 aliphatic heterocycles. The van der Waals surface area contributed by atoms with Gasteiger partial charge in [-0.3, -0.25) is 4.79 Å². The third-order valence-electron chi connectivity index (χ3n) is 5.14. The Kier molecular flexibility index (Phi) is 5.65. The molecule has 0 saturated carbocycles. The maximum absolute atomic E-state index is 12.9. The third kappa shape index (κ3) is 4.21. The van der Waals surface area contributed by atoms with E-state index in [1.165, 1.54) is 12.1 Å². The Morgan fingerprint density at radius 3 is 2.71 bits per heavy atom. The summed E-state index contributed by atoms with van der Waals surface area (Å²) in [5.74, 6) is 1.99. The fraction of sp³-hybridized carbons (Fsp3) is 0.409. The van der Waals surface area contributed by atoms with E-state index < -0.39 is 0 Å². The summed E-state index contributed by atoms with van der Waals surface area (Å²) in [6, 6.07) is 12.0. The van der Waals surface area contributed by atoms with E-state index in [9.17, 15) is 9.18 Å². The Hall–Kier alpha value is -2.76. The molecule has 1 unspecified atom stereocenters. The fourth-order valence-electron chi connectivity index (χ4n) is 3.77. The Morgan fingerprint density at radius 1 is 1.11 bits per heavy atom. The van der Waals surface area contributed by atoms with Crippen LogP contribution in [-0.4, -0.2) is 37.2 Å². The summed E-state index contributed by atoms with van der Waals surface area (Å²) < 4.78 is 29.7. The van der Waals surface area contributed by atoms with Crippen LogP contribution in [0.3, 0.4) is 0 Å². The second kappa shape index (κ2) is 8.50. The van der Waals surface area contributed by atoms with Crippen LogP contribution >= 0.6 is 0 Å². The molecule has 1 saturated heterocycles. The SMILES string of the molecule is O=C(CCCOc1ccc(F)cc1)N1CCCC1c1ccc2c(c1)OCCO2. The molecule has 5 nitrogen and oxygen atoms in total. The lowest BCUT2D eigenvalue weighted by Crippen LogP contribution is -2.30. The van der Waals surface area contributed by atoms with Crippen molar-refractivity contribution in [1.82, 2.24) is 4.90 Å². The first kappa shape index (κ1) is 18.6. The topological polar surface area (TPSA) is 48.0 Å². The molecule has 0 radical (unpaired) electrons. The smallest absolute Gasteiger partial charge is 0.223 e. The van der Waals surface area contributed by atoms with Gasteiger partial charge >= 0.3 is 0 Å². The molecule has 0 aliphatic carbocycles. The number of halogens is 1. The molecule has 2 aromatic rings. The predicted molar refractivity (Wildman–Crippen MR) is 102 cm³/mol. The normalized spacial score (nSPS) is 18.2. The molecule has 28 heavy (non-hydrogen) atoms. The van der Waals surface area contributed by atoms with E-state index in [2.05, 4.69) is 0 Å². The Balaban J connectivity index is 1.31. The molecule has 1 atom stereocenters. The molecule has 0 N–H and O–H groups in total. The highest BCUT2D eigenvalue weighted by Crippen LogP contribution is 2.38. The van der Waals surface area contributed by atoms with Crippen LogP contribution in [0.5, 0.6) is 17.2 Å². The van der Waals surface area contributed by atoms with Gasteiger partial charge in [-0.05, 0) is 61.2 Å². The van der Waals surface area contributed by atoms with Crippen LogP contribution in [-0.2, 0) is 4.79 Å². The quantitative estimate of drug-likeness (QED) is 0.702. The van der Waals surface area contributed by atoms with Crippen molar-refractivity contribution < 1.29 is 23.4 Å². The van der Waals surface area contributed by atoms with Crippen molar-refractivity contribution in [2.75, 3.05) is 26.4 Å². The van der Waals surface area contributed by atoms with Crippen molar-refractivity contribution in [3.63, 3.8) is 0 Å². The minimum atomic E-state index is -0.290. The highest BCUT2D eigenvalue weighted by Gasteiger charge is 2.30. The molecular weight excluding hydrogens is 361 g/mol. The van der Waals surface area contributed by atoms with Gasteiger partial charge in [0.25, 0.3) is 0 Å². The second-order valence-electron chi connectivity index (χ2n) is 7.05. The van der Waals surface area contributed by atoms with Crippen molar-refractivity contribution in [2.45, 2.75) is 31.7 Å². The summed E-state index contributed by atoms with van der Waals surface area (Å²) in [5, 5.41) is 0. The van der Waals surface area contributed by atoms with Crippen LogP contribution in [0.2, 0.25) is 0 Å². The number of ether oxygens (including phenoxy) is 3. The lowest BCUT2D eigenvalue weighted by Gasteiger charge is -2.27. The van der Waals surface area contributed by atoms with E-state index in [0.29, 0.717) is 38.4 Å². The zero-order valence-corrected chi connectivity index (χ0v) is 15.7. The molecule has 6 heteroatoms. The first-order chi connectivity index (χ1) is 13.7. The van der Waals surface area contributed by atoms with Crippen LogP contribution in [0.4, 0.5) is 4.39 Å². The maximum Gasteiger partial charge on any atom is 0.223 e. The van der Waals surface area contributed by atoms with Crippen molar-refractivity contribution in [3.8, 4) is 17.2 Å². The molecule has 4 rings (SSSR count). The summed E-state index contributed by atoms with van der Waals surface area (Å²) in [6.07, 6.45) is 3.01. The molecule has 0 spiro atoms. The molecular formula is C22H24FNO4. The summed E-state index contributed by atoms with van der Waals surface area (Å²) in [7, 11) is 0. The van der Waals surface area contributed by atoms with E-state index in [0.717, 1.165) is 36.4 Å². The Bertz CT molecular complexity index is 824. The first-order valence-electron chi connectivity index (χ1n) is 9.78. The van der Waals surface area contributed by atoms with Crippen LogP contribution in [0.25, 0.3) is 0 Å². The van der Waals surface area contributed by atoms with Crippen LogP contribution in [0, 0.1) is 5.82 Å². The van der Waals surface area contributed by atoms with Gasteiger partial charge in [0.05, 0.1) is 12.6 Å². The molecule has 2 aromatic carbocycles. The van der Waals surface area contributed by atoms with Gasteiger partial charge in [0.1, 0.15) is 24.8 Å². The third-order valence-corrected chi connectivity index (χ3v) is 5.14. The number of rotatable bonds is 6. The highest BCUT2D eigenvalue weighted by molar-refractivity contribution is 5.77. The van der Waals surface area contributed by atoms with E-state index in [1.807, 2.05) is 23.1 Å². The molecule has 0 bridgehead atoms. The number of hydrogen-bond acceptors (Lipinski definition) is 4. The summed E-state index contributed by atoms with van der Waals surface area (Å²) in [5.41, 5.74) is 1.10. The fourth-order valence-corrected chi connectivity index (χ4v) is 3.77. The molecule has 2 heterocycles. The number of likely N-dealkylation sites (tertiary alicyclic amines) is 1. The summed E-state index contributed by atoms with van der Waals surface area (Å²) in [6.45, 7) is 2.33. The molecule has 0 aromatic heterocycles. The number of benzene rings is 2. The van der Waals surface area contributed by atoms with Crippen LogP contribution in [0.1, 0.15) is 37.3 Å². The summed E-state index contributed by atoms with van der Waals surface area (Å²) >= 11 is 0. The Labute approximate surface area is 164 Å². The van der Waals surface area contributed by atoms with Gasteiger partial charge in [-0.2, -0.15) is 0 Å². The largest absolute Gasteiger partial charge is 0.494 e. The van der Waals surface area contributed by atoms with E-state index in [1.54, 1.807) is 12.1 Å². The van der Waals surface area contributed by atoms with E-state index >= 15 is 0 Å². The average molecular weight is 385 g/mol. The van der Waals surface area contributed by atoms with Crippen LogP contribution in [0.15, 0.2) is 42.5 Å². The lowest BCUT2D eigenvalue weighted by atomic mass is 10.0. The zero-order valence-electron chi connectivity index (χ0n) is 15.7. The van der Waals surface area contributed by atoms with Gasteiger partial charge in [0.2, 0.25) is 5.91 Å². The number of amides is 1. The summed E-state index contributed by atoms with van der Waals surface area (Å²) in [4.78, 5) is 14.7. The number of nitrogens with zero attached hydrogens (tertiary/aromatic N) is 1. The maximum atomic E-state index is 12.9. The molecule has 1 amide bonds. The van der Waals surface area contributed by atoms with Gasteiger partial charge in [-0.25, -0.2) is 4.39 Å². The molecule has 2 aliphatic rings. The van der Waals surface area contributed by atoms with E-state index in [4.69, 9.17) is 14.2 Å². The minimum absolute atomic E-state index is 0.0846. The van der Waals surface area contributed by atoms with E-state index in [-0.39, 0.29) is 17.8 Å².